The first-order valence-corrected chi connectivity index (χ1v) is 14.5. The van der Waals surface area contributed by atoms with Crippen LogP contribution in [0, 0.1) is 17.8 Å². The summed E-state index contributed by atoms with van der Waals surface area (Å²) in [7, 11) is -3.56. The maximum Gasteiger partial charge on any atom is 0.271 e. The number of aliphatic hydroxyl groups excluding tert-OH is 2. The van der Waals surface area contributed by atoms with Crippen molar-refractivity contribution in [1.29, 1.82) is 0 Å². The van der Waals surface area contributed by atoms with E-state index in [1.807, 2.05) is 44.2 Å². The number of carbonyl (C=O) groups excluding carboxylic acids is 2. The molecule has 0 radical (unpaired) electrons. The zero-order valence-electron chi connectivity index (χ0n) is 21.1. The Morgan fingerprint density at radius 2 is 1.69 bits per heavy atom. The maximum atomic E-state index is 13.0. The molecule has 0 saturated carbocycles. The number of amides is 2. The van der Waals surface area contributed by atoms with E-state index in [0.29, 0.717) is 6.54 Å². The van der Waals surface area contributed by atoms with Crippen molar-refractivity contribution >= 4 is 38.3 Å². The lowest BCUT2D eigenvalue weighted by atomic mass is 9.83. The zero-order chi connectivity index (χ0) is 27.0. The van der Waals surface area contributed by atoms with Gasteiger partial charge in [-0.05, 0) is 23.8 Å². The van der Waals surface area contributed by atoms with E-state index in [1.54, 1.807) is 13.8 Å². The van der Waals surface area contributed by atoms with E-state index in [2.05, 4.69) is 20.3 Å². The third kappa shape index (κ3) is 9.16. The second-order valence-electron chi connectivity index (χ2n) is 9.57. The Bertz CT molecular complexity index is 1100. The predicted molar refractivity (Wildman–Crippen MR) is 140 cm³/mol. The van der Waals surface area contributed by atoms with E-state index in [0.717, 1.165) is 23.2 Å². The Hall–Kier alpha value is -2.54. The van der Waals surface area contributed by atoms with Gasteiger partial charge in [0.1, 0.15) is 11.8 Å². The van der Waals surface area contributed by atoms with E-state index < -0.39 is 40.1 Å². The lowest BCUT2D eigenvalue weighted by Gasteiger charge is -2.33. The summed E-state index contributed by atoms with van der Waals surface area (Å²) in [6.45, 7) is 7.91. The second-order valence-corrected chi connectivity index (χ2v) is 12.2. The Morgan fingerprint density at radius 3 is 2.25 bits per heavy atom. The molecule has 0 aliphatic rings. The van der Waals surface area contributed by atoms with E-state index in [4.69, 9.17) is 0 Å². The van der Waals surface area contributed by atoms with Crippen LogP contribution in [0.1, 0.15) is 43.7 Å². The van der Waals surface area contributed by atoms with Crippen molar-refractivity contribution in [2.24, 2.45) is 17.8 Å². The molecule has 5 N–H and O–H groups in total. The first kappa shape index (κ1) is 29.7. The minimum Gasteiger partial charge on any atom is -0.390 e. The number of anilines is 1. The molecule has 36 heavy (non-hydrogen) atoms. The topological polar surface area (TPSA) is 158 Å². The van der Waals surface area contributed by atoms with Gasteiger partial charge in [0.15, 0.2) is 5.13 Å². The third-order valence-electron chi connectivity index (χ3n) is 5.46. The standard InChI is InChI=1S/C24H36N4O6S2/c1-14(2)12-25-23(32)19(15(3)4)21(30)20(29)17(11-16-9-7-6-8-10-16)26-22(31)18-13-35-24(27-18)28-36(5,33)34/h6-10,13-15,17,19-21,29-30H,11-12H2,1-5H3,(H,25,32)(H,26,31)(H,27,28). The number of hydrogen-bond acceptors (Lipinski definition) is 8. The Morgan fingerprint density at radius 1 is 1.06 bits per heavy atom. The highest BCUT2D eigenvalue weighted by molar-refractivity contribution is 7.92. The SMILES string of the molecule is CC(C)CNC(=O)C(C(C)C)C(O)C(O)C(Cc1ccccc1)NC(=O)c1csc(NS(C)(=O)=O)n1. The highest BCUT2D eigenvalue weighted by Gasteiger charge is 2.38. The Kier molecular flexibility index (Phi) is 10.8. The van der Waals surface area contributed by atoms with Crippen LogP contribution in [0.25, 0.3) is 0 Å². The zero-order valence-corrected chi connectivity index (χ0v) is 22.8. The fraction of sp³-hybridized carbons (Fsp3) is 0.542. The van der Waals surface area contributed by atoms with Gasteiger partial charge in [-0.3, -0.25) is 14.3 Å². The Balaban J connectivity index is 2.27. The number of nitrogens with zero attached hydrogens (tertiary/aromatic N) is 1. The Labute approximate surface area is 216 Å². The molecule has 1 heterocycles. The molecule has 200 valence electrons. The maximum absolute atomic E-state index is 13.0. The van der Waals surface area contributed by atoms with E-state index in [-0.39, 0.29) is 35.0 Å². The van der Waals surface area contributed by atoms with Gasteiger partial charge >= 0.3 is 0 Å². The van der Waals surface area contributed by atoms with Crippen LogP contribution in [0.2, 0.25) is 0 Å². The first-order valence-electron chi connectivity index (χ1n) is 11.7. The van der Waals surface area contributed by atoms with Crippen LogP contribution in [0.5, 0.6) is 0 Å². The van der Waals surface area contributed by atoms with E-state index in [9.17, 15) is 28.2 Å². The van der Waals surface area contributed by atoms with E-state index in [1.165, 1.54) is 5.38 Å². The highest BCUT2D eigenvalue weighted by atomic mass is 32.2. The van der Waals surface area contributed by atoms with Crippen LogP contribution in [0.4, 0.5) is 5.13 Å². The summed E-state index contributed by atoms with van der Waals surface area (Å²) < 4.78 is 25.1. The van der Waals surface area contributed by atoms with Gasteiger partial charge in [0, 0.05) is 11.9 Å². The molecule has 0 aliphatic heterocycles. The number of aromatic nitrogens is 1. The third-order valence-corrected chi connectivity index (χ3v) is 6.91. The average Bonchev–Trinajstić information content (AvgIpc) is 3.24. The normalized spacial score (nSPS) is 15.2. The summed E-state index contributed by atoms with van der Waals surface area (Å²) in [5.74, 6) is -1.98. The number of aliphatic hydroxyl groups is 2. The predicted octanol–water partition coefficient (Wildman–Crippen LogP) is 1.62. The largest absolute Gasteiger partial charge is 0.390 e. The number of nitrogens with one attached hydrogen (secondary N) is 3. The van der Waals surface area contributed by atoms with Crippen molar-refractivity contribution < 1.29 is 28.2 Å². The van der Waals surface area contributed by atoms with Gasteiger partial charge < -0.3 is 20.8 Å². The summed E-state index contributed by atoms with van der Waals surface area (Å²) in [4.78, 5) is 29.8. The average molecular weight is 541 g/mol. The molecule has 0 bridgehead atoms. The first-order chi connectivity index (χ1) is 16.8. The number of sulfonamides is 1. The minimum atomic E-state index is -3.56. The van der Waals surface area contributed by atoms with Crippen LogP contribution >= 0.6 is 11.3 Å². The fourth-order valence-electron chi connectivity index (χ4n) is 3.68. The van der Waals surface area contributed by atoms with Crippen LogP contribution in [0.3, 0.4) is 0 Å². The summed E-state index contributed by atoms with van der Waals surface area (Å²) >= 11 is 0.944. The van der Waals surface area contributed by atoms with Crippen LogP contribution in [-0.2, 0) is 21.2 Å². The van der Waals surface area contributed by atoms with Gasteiger partial charge in [-0.1, -0.05) is 58.0 Å². The molecule has 0 saturated heterocycles. The van der Waals surface area contributed by atoms with Gasteiger partial charge in [0.2, 0.25) is 15.9 Å². The molecule has 2 rings (SSSR count). The molecular formula is C24H36N4O6S2. The van der Waals surface area contributed by atoms with Gasteiger partial charge in [-0.15, -0.1) is 11.3 Å². The van der Waals surface area contributed by atoms with Gasteiger partial charge in [-0.2, -0.15) is 0 Å². The number of rotatable bonds is 13. The summed E-state index contributed by atoms with van der Waals surface area (Å²) in [5, 5.41) is 29.2. The molecule has 4 atom stereocenters. The molecule has 2 amide bonds. The van der Waals surface area contributed by atoms with Gasteiger partial charge in [-0.25, -0.2) is 13.4 Å². The molecule has 12 heteroatoms. The number of carbonyl (C=O) groups is 2. The number of thiazole rings is 1. The fourth-order valence-corrected chi connectivity index (χ4v) is 5.22. The number of hydrogen-bond donors (Lipinski definition) is 5. The minimum absolute atomic E-state index is 0.0320. The monoisotopic (exact) mass is 540 g/mol. The van der Waals surface area contributed by atoms with Crippen LogP contribution < -0.4 is 15.4 Å². The van der Waals surface area contributed by atoms with Crippen molar-refractivity contribution in [3.8, 4) is 0 Å². The lowest BCUT2D eigenvalue weighted by molar-refractivity contribution is -0.135. The van der Waals surface area contributed by atoms with Gasteiger partial charge in [0.05, 0.1) is 24.3 Å². The van der Waals surface area contributed by atoms with Crippen LogP contribution in [0.15, 0.2) is 35.7 Å². The summed E-state index contributed by atoms with van der Waals surface area (Å²) in [6.07, 6.45) is -1.77. The molecule has 4 unspecified atom stereocenters. The number of benzene rings is 1. The molecule has 10 nitrogen and oxygen atoms in total. The molecule has 0 spiro atoms. The van der Waals surface area contributed by atoms with Crippen molar-refractivity contribution in [2.75, 3.05) is 17.5 Å². The quantitative estimate of drug-likeness (QED) is 0.258. The molecule has 0 aliphatic carbocycles. The van der Waals surface area contributed by atoms with Crippen molar-refractivity contribution in [1.82, 2.24) is 15.6 Å². The molecule has 0 fully saturated rings. The van der Waals surface area contributed by atoms with Gasteiger partial charge in [0.25, 0.3) is 5.91 Å². The molecule has 2 aromatic rings. The van der Waals surface area contributed by atoms with E-state index >= 15 is 0 Å². The van der Waals surface area contributed by atoms with Crippen molar-refractivity contribution in [3.63, 3.8) is 0 Å². The lowest BCUT2D eigenvalue weighted by Crippen LogP contribution is -2.55. The smallest absolute Gasteiger partial charge is 0.271 e. The van der Waals surface area contributed by atoms with Crippen molar-refractivity contribution in [2.45, 2.75) is 52.4 Å². The molecule has 1 aromatic heterocycles. The summed E-state index contributed by atoms with van der Waals surface area (Å²) in [5.41, 5.74) is 0.762. The highest BCUT2D eigenvalue weighted by Crippen LogP contribution is 2.23. The van der Waals surface area contributed by atoms with Crippen LogP contribution in [-0.4, -0.2) is 66.5 Å². The summed E-state index contributed by atoms with van der Waals surface area (Å²) in [6, 6.07) is 8.16. The molecular weight excluding hydrogens is 504 g/mol. The molecule has 1 aromatic carbocycles. The van der Waals surface area contributed by atoms with Crippen molar-refractivity contribution in [3.05, 3.63) is 47.0 Å². The second kappa shape index (κ2) is 13.1.